The monoisotopic (exact) mass is 434 g/mol. The van der Waals surface area contributed by atoms with Crippen molar-refractivity contribution >= 4 is 24.1 Å². The number of halogens is 2. The maximum absolute atomic E-state index is 14.9. The van der Waals surface area contributed by atoms with Crippen molar-refractivity contribution in [2.75, 3.05) is 25.1 Å². The van der Waals surface area contributed by atoms with Gasteiger partial charge in [-0.15, -0.1) is 19.0 Å². The zero-order valence-electron chi connectivity index (χ0n) is 17.1. The third-order valence-electron chi connectivity index (χ3n) is 4.89. The van der Waals surface area contributed by atoms with E-state index in [4.69, 9.17) is 4.74 Å². The van der Waals surface area contributed by atoms with Crippen LogP contribution >= 0.6 is 12.4 Å². The summed E-state index contributed by atoms with van der Waals surface area (Å²) in [5.41, 5.74) is 1.54. The molecule has 2 heterocycles. The van der Waals surface area contributed by atoms with Gasteiger partial charge in [0.25, 0.3) is 0 Å². The summed E-state index contributed by atoms with van der Waals surface area (Å²) < 4.78 is 20.3. The van der Waals surface area contributed by atoms with E-state index in [1.807, 2.05) is 30.3 Å². The van der Waals surface area contributed by atoms with Gasteiger partial charge in [-0.05, 0) is 31.0 Å². The molecule has 3 rings (SSSR count). The van der Waals surface area contributed by atoms with Crippen molar-refractivity contribution in [1.29, 1.82) is 0 Å². The van der Waals surface area contributed by atoms with Crippen molar-refractivity contribution < 1.29 is 13.9 Å². The second-order valence-electron chi connectivity index (χ2n) is 6.98. The highest BCUT2D eigenvalue weighted by Crippen LogP contribution is 2.26. The van der Waals surface area contributed by atoms with Crippen molar-refractivity contribution in [2.45, 2.75) is 32.0 Å². The number of ether oxygens (including phenoxy) is 1. The smallest absolute Gasteiger partial charge is 0.237 e. The number of rotatable bonds is 9. The molecule has 1 aliphatic rings. The van der Waals surface area contributed by atoms with Crippen molar-refractivity contribution in [2.24, 2.45) is 0 Å². The molecule has 0 aliphatic carbocycles. The van der Waals surface area contributed by atoms with E-state index in [0.717, 1.165) is 24.9 Å². The van der Waals surface area contributed by atoms with Gasteiger partial charge in [0.2, 0.25) is 11.8 Å². The minimum atomic E-state index is -0.466. The first-order valence-electron chi connectivity index (χ1n) is 9.76. The predicted octanol–water partition coefficient (Wildman–Crippen LogP) is 3.21. The Hall–Kier alpha value is -2.64. The summed E-state index contributed by atoms with van der Waals surface area (Å²) in [6.45, 7) is 5.69. The summed E-state index contributed by atoms with van der Waals surface area (Å²) in [6, 6.07) is 11.0. The van der Waals surface area contributed by atoms with Crippen LogP contribution in [0.1, 0.15) is 24.0 Å². The summed E-state index contributed by atoms with van der Waals surface area (Å²) in [6.07, 6.45) is 3.50. The highest BCUT2D eigenvalue weighted by atomic mass is 35.5. The van der Waals surface area contributed by atoms with E-state index in [0.29, 0.717) is 24.5 Å². The molecule has 8 heteroatoms. The van der Waals surface area contributed by atoms with Crippen LogP contribution in [0, 0.1) is 5.82 Å². The van der Waals surface area contributed by atoms with Crippen molar-refractivity contribution in [3.05, 3.63) is 66.0 Å². The van der Waals surface area contributed by atoms with Crippen LogP contribution in [0.15, 0.2) is 49.1 Å². The molecule has 1 aromatic heterocycles. The Morgan fingerprint density at radius 1 is 1.43 bits per heavy atom. The van der Waals surface area contributed by atoms with Crippen molar-refractivity contribution in [3.63, 3.8) is 0 Å². The van der Waals surface area contributed by atoms with E-state index < -0.39 is 5.82 Å². The average Bonchev–Trinajstić information content (AvgIpc) is 3.27. The molecule has 1 atom stereocenters. The highest BCUT2D eigenvalue weighted by molar-refractivity contribution is 5.85. The molecule has 0 saturated carbocycles. The standard InChI is InChI=1S/C22H27FN4O2.ClH/c1-3-12-27(15-16-8-5-4-6-9-16)20-18(23)13-17(22(26-20)29-2)14-25-21(28)19-10-7-11-24-19;/h3-6,8-9,13,19,24H,1,7,10-12,14-15H2,2H3,(H,25,28);1H. The lowest BCUT2D eigenvalue weighted by Crippen LogP contribution is -2.40. The van der Waals surface area contributed by atoms with Crippen molar-refractivity contribution in [1.82, 2.24) is 15.6 Å². The van der Waals surface area contributed by atoms with E-state index in [9.17, 15) is 9.18 Å². The number of carbonyl (C=O) groups is 1. The van der Waals surface area contributed by atoms with Gasteiger partial charge in [-0.1, -0.05) is 36.4 Å². The van der Waals surface area contributed by atoms with E-state index >= 15 is 0 Å². The molecule has 30 heavy (non-hydrogen) atoms. The number of aromatic nitrogens is 1. The Morgan fingerprint density at radius 3 is 2.83 bits per heavy atom. The molecule has 1 aliphatic heterocycles. The van der Waals surface area contributed by atoms with Gasteiger partial charge in [-0.3, -0.25) is 4.79 Å². The first-order chi connectivity index (χ1) is 14.1. The molecule has 0 radical (unpaired) electrons. The molecule has 2 N–H and O–H groups in total. The lowest BCUT2D eigenvalue weighted by molar-refractivity contribution is -0.122. The highest BCUT2D eigenvalue weighted by Gasteiger charge is 2.23. The molecule has 1 aromatic carbocycles. The molecular formula is C22H28ClFN4O2. The van der Waals surface area contributed by atoms with E-state index in [1.54, 1.807) is 11.0 Å². The van der Waals surface area contributed by atoms with Crippen LogP contribution in [0.25, 0.3) is 0 Å². The number of nitrogens with one attached hydrogen (secondary N) is 2. The third-order valence-corrected chi connectivity index (χ3v) is 4.89. The minimum Gasteiger partial charge on any atom is -0.481 e. The third kappa shape index (κ3) is 5.93. The molecule has 0 bridgehead atoms. The summed E-state index contributed by atoms with van der Waals surface area (Å²) in [5, 5.41) is 5.98. The molecule has 162 valence electrons. The molecule has 1 unspecified atom stereocenters. The van der Waals surface area contributed by atoms with Gasteiger partial charge in [0.05, 0.1) is 13.2 Å². The Morgan fingerprint density at radius 2 is 2.20 bits per heavy atom. The largest absolute Gasteiger partial charge is 0.481 e. The van der Waals surface area contributed by atoms with Crippen LogP contribution in [0.3, 0.4) is 0 Å². The first kappa shape index (κ1) is 23.6. The lowest BCUT2D eigenvalue weighted by Gasteiger charge is -2.24. The molecule has 0 spiro atoms. The van der Waals surface area contributed by atoms with Crippen LogP contribution in [0.2, 0.25) is 0 Å². The SMILES string of the molecule is C=CCN(Cc1ccccc1)c1nc(OC)c(CNC(=O)C2CCCN2)cc1F.Cl. The Kier molecular flexibility index (Phi) is 9.08. The molecule has 1 amide bonds. The summed E-state index contributed by atoms with van der Waals surface area (Å²) in [4.78, 5) is 18.4. The van der Waals surface area contributed by atoms with Crippen LogP contribution in [-0.2, 0) is 17.9 Å². The van der Waals surface area contributed by atoms with E-state index in [-0.39, 0.29) is 36.7 Å². The predicted molar refractivity (Wildman–Crippen MR) is 119 cm³/mol. The fourth-order valence-corrected chi connectivity index (χ4v) is 3.43. The van der Waals surface area contributed by atoms with Crippen molar-refractivity contribution in [3.8, 4) is 5.88 Å². The molecule has 1 saturated heterocycles. The fraction of sp³-hybridized carbons (Fsp3) is 0.364. The zero-order chi connectivity index (χ0) is 20.6. The lowest BCUT2D eigenvalue weighted by atomic mass is 10.2. The fourth-order valence-electron chi connectivity index (χ4n) is 3.43. The van der Waals surface area contributed by atoms with Gasteiger partial charge in [0, 0.05) is 25.2 Å². The normalized spacial score (nSPS) is 15.2. The Bertz CT molecular complexity index is 845. The first-order valence-corrected chi connectivity index (χ1v) is 9.76. The number of benzene rings is 1. The van der Waals surface area contributed by atoms with Gasteiger partial charge in [-0.25, -0.2) is 4.39 Å². The van der Waals surface area contributed by atoms with Crippen LogP contribution < -0.4 is 20.3 Å². The molecule has 6 nitrogen and oxygen atoms in total. The summed E-state index contributed by atoms with van der Waals surface area (Å²) in [5.74, 6) is -0.0698. The molecular weight excluding hydrogens is 407 g/mol. The zero-order valence-corrected chi connectivity index (χ0v) is 17.9. The minimum absolute atomic E-state index is 0. The van der Waals surface area contributed by atoms with Crippen LogP contribution in [-0.4, -0.2) is 37.1 Å². The van der Waals surface area contributed by atoms with E-state index in [1.165, 1.54) is 13.2 Å². The number of nitrogens with zero attached hydrogens (tertiary/aromatic N) is 2. The number of pyridine rings is 1. The van der Waals surface area contributed by atoms with Gasteiger partial charge < -0.3 is 20.3 Å². The summed E-state index contributed by atoms with van der Waals surface area (Å²) in [7, 11) is 1.49. The van der Waals surface area contributed by atoms with Crippen LogP contribution in [0.4, 0.5) is 10.2 Å². The molecule has 1 fully saturated rings. The van der Waals surface area contributed by atoms with E-state index in [2.05, 4.69) is 22.2 Å². The Balaban J connectivity index is 0.00000320. The van der Waals surface area contributed by atoms with Gasteiger partial charge >= 0.3 is 0 Å². The number of amides is 1. The topological polar surface area (TPSA) is 66.5 Å². The average molecular weight is 435 g/mol. The maximum atomic E-state index is 14.9. The number of methoxy groups -OCH3 is 1. The number of hydrogen-bond donors (Lipinski definition) is 2. The van der Waals surface area contributed by atoms with Gasteiger partial charge in [0.15, 0.2) is 11.6 Å². The maximum Gasteiger partial charge on any atom is 0.237 e. The molecule has 2 aromatic rings. The Labute approximate surface area is 182 Å². The number of anilines is 1. The number of carbonyl (C=O) groups excluding carboxylic acids is 1. The van der Waals surface area contributed by atoms with Gasteiger partial charge in [0.1, 0.15) is 0 Å². The van der Waals surface area contributed by atoms with Crippen LogP contribution in [0.5, 0.6) is 5.88 Å². The number of hydrogen-bond acceptors (Lipinski definition) is 5. The van der Waals surface area contributed by atoms with Gasteiger partial charge in [-0.2, -0.15) is 4.98 Å². The quantitative estimate of drug-likeness (QED) is 0.593. The summed E-state index contributed by atoms with van der Waals surface area (Å²) >= 11 is 0. The second-order valence-corrected chi connectivity index (χ2v) is 6.98. The second kappa shape index (κ2) is 11.5.